The zero-order valence-electron chi connectivity index (χ0n) is 8.66. The molecule has 0 aliphatic carbocycles. The predicted molar refractivity (Wildman–Crippen MR) is 52.5 cm³/mol. The van der Waals surface area contributed by atoms with Crippen LogP contribution in [0.4, 0.5) is 4.79 Å². The Hall–Kier alpha value is -1.17. The van der Waals surface area contributed by atoms with Crippen LogP contribution in [0.2, 0.25) is 0 Å². The molecular formula is C10H17NO2. The molecule has 0 spiro atoms. The fourth-order valence-electron chi connectivity index (χ4n) is 0.971. The van der Waals surface area contributed by atoms with Crippen LogP contribution < -0.4 is 0 Å². The van der Waals surface area contributed by atoms with E-state index in [-0.39, 0.29) is 11.5 Å². The Kier molecular flexibility index (Phi) is 3.80. The second kappa shape index (κ2) is 4.18. The van der Waals surface area contributed by atoms with E-state index < -0.39 is 6.09 Å². The van der Waals surface area contributed by atoms with E-state index in [1.807, 2.05) is 20.8 Å². The zero-order chi connectivity index (χ0) is 10.6. The van der Waals surface area contributed by atoms with Crippen LogP contribution in [0.25, 0.3) is 0 Å². The van der Waals surface area contributed by atoms with E-state index in [9.17, 15) is 4.79 Å². The van der Waals surface area contributed by atoms with Crippen molar-refractivity contribution in [1.82, 2.24) is 4.90 Å². The molecule has 1 unspecified atom stereocenters. The molecule has 0 aliphatic heterocycles. The first kappa shape index (κ1) is 11.8. The molecule has 3 nitrogen and oxygen atoms in total. The van der Waals surface area contributed by atoms with Gasteiger partial charge in [0.15, 0.2) is 0 Å². The van der Waals surface area contributed by atoms with Gasteiger partial charge in [0, 0.05) is 6.54 Å². The quantitative estimate of drug-likeness (QED) is 0.665. The predicted octanol–water partition coefficient (Wildman–Crippen LogP) is 2.03. The molecular weight excluding hydrogens is 166 g/mol. The van der Waals surface area contributed by atoms with Gasteiger partial charge in [-0.2, -0.15) is 0 Å². The Balaban J connectivity index is 4.47. The lowest BCUT2D eigenvalue weighted by molar-refractivity contribution is 0.118. The van der Waals surface area contributed by atoms with Crippen LogP contribution in [-0.2, 0) is 0 Å². The van der Waals surface area contributed by atoms with E-state index in [2.05, 4.69) is 5.92 Å². The maximum atomic E-state index is 10.8. The number of carbonyl (C=O) groups is 1. The molecule has 74 valence electrons. The van der Waals surface area contributed by atoms with E-state index in [4.69, 9.17) is 11.5 Å². The van der Waals surface area contributed by atoms with Crippen molar-refractivity contribution < 1.29 is 9.90 Å². The summed E-state index contributed by atoms with van der Waals surface area (Å²) in [5.74, 6) is 2.41. The topological polar surface area (TPSA) is 40.5 Å². The molecule has 0 saturated heterocycles. The van der Waals surface area contributed by atoms with Gasteiger partial charge >= 0.3 is 6.09 Å². The first-order valence-corrected chi connectivity index (χ1v) is 4.23. The molecule has 3 heteroatoms. The maximum absolute atomic E-state index is 10.8. The summed E-state index contributed by atoms with van der Waals surface area (Å²) in [6, 6.07) is -0.364. The summed E-state index contributed by atoms with van der Waals surface area (Å²) in [5.41, 5.74) is -0.0660. The van der Waals surface area contributed by atoms with Gasteiger partial charge < -0.3 is 5.11 Å². The normalized spacial score (nSPS) is 13.2. The first-order valence-electron chi connectivity index (χ1n) is 4.23. The van der Waals surface area contributed by atoms with Gasteiger partial charge in [0.25, 0.3) is 0 Å². The highest BCUT2D eigenvalue weighted by molar-refractivity contribution is 5.66. The first-order chi connectivity index (χ1) is 5.78. The second-order valence-electron chi connectivity index (χ2n) is 4.31. The highest BCUT2D eigenvalue weighted by Gasteiger charge is 2.23. The van der Waals surface area contributed by atoms with Crippen molar-refractivity contribution in [1.29, 1.82) is 0 Å². The Morgan fingerprint density at radius 3 is 2.31 bits per heavy atom. The third-order valence-electron chi connectivity index (χ3n) is 1.60. The van der Waals surface area contributed by atoms with Gasteiger partial charge in [-0.25, -0.2) is 4.79 Å². The van der Waals surface area contributed by atoms with Crippen LogP contribution in [-0.4, -0.2) is 28.7 Å². The summed E-state index contributed by atoms with van der Waals surface area (Å²) >= 11 is 0. The molecule has 0 aliphatic rings. The molecule has 1 N–H and O–H groups in total. The molecule has 0 heterocycles. The molecule has 0 bridgehead atoms. The van der Waals surface area contributed by atoms with Gasteiger partial charge in [-0.3, -0.25) is 4.90 Å². The number of carboxylic acid groups (broad SMARTS) is 1. The van der Waals surface area contributed by atoms with Crippen LogP contribution >= 0.6 is 0 Å². The maximum Gasteiger partial charge on any atom is 0.408 e. The van der Waals surface area contributed by atoms with Crippen LogP contribution in [0.5, 0.6) is 0 Å². The van der Waals surface area contributed by atoms with Crippen LogP contribution in [0, 0.1) is 17.8 Å². The number of terminal acetylenes is 1. The largest absolute Gasteiger partial charge is 0.465 e. The van der Waals surface area contributed by atoms with Crippen molar-refractivity contribution in [2.75, 3.05) is 6.54 Å². The molecule has 1 atom stereocenters. The third kappa shape index (κ3) is 4.41. The van der Waals surface area contributed by atoms with Crippen LogP contribution in [0.15, 0.2) is 0 Å². The number of nitrogens with zero attached hydrogens (tertiary/aromatic N) is 1. The number of rotatable bonds is 2. The zero-order valence-corrected chi connectivity index (χ0v) is 8.66. The summed E-state index contributed by atoms with van der Waals surface area (Å²) in [7, 11) is 0. The van der Waals surface area contributed by atoms with E-state index in [1.165, 1.54) is 4.90 Å². The van der Waals surface area contributed by atoms with Crippen molar-refractivity contribution >= 4 is 6.09 Å². The van der Waals surface area contributed by atoms with E-state index in [0.29, 0.717) is 6.54 Å². The fourth-order valence-corrected chi connectivity index (χ4v) is 0.971. The molecule has 0 rings (SSSR count). The van der Waals surface area contributed by atoms with Gasteiger partial charge in [-0.1, -0.05) is 26.7 Å². The van der Waals surface area contributed by atoms with Gasteiger partial charge in [0.05, 0.1) is 6.04 Å². The average Bonchev–Trinajstić information content (AvgIpc) is 1.96. The van der Waals surface area contributed by atoms with Crippen LogP contribution in [0.1, 0.15) is 27.7 Å². The van der Waals surface area contributed by atoms with Gasteiger partial charge in [-0.15, -0.1) is 6.42 Å². The van der Waals surface area contributed by atoms with Crippen molar-refractivity contribution in [3.8, 4) is 12.3 Å². The standard InChI is InChI=1S/C10H17NO2/c1-6-8(2)11(9(12)13)7-10(3,4)5/h1,8H,7H2,2-5H3,(H,12,13). The Morgan fingerprint density at radius 2 is 2.08 bits per heavy atom. The molecule has 1 amide bonds. The highest BCUT2D eigenvalue weighted by atomic mass is 16.4. The highest BCUT2D eigenvalue weighted by Crippen LogP contribution is 2.16. The Morgan fingerprint density at radius 1 is 1.62 bits per heavy atom. The summed E-state index contributed by atoms with van der Waals surface area (Å²) in [6.45, 7) is 8.10. The SMILES string of the molecule is C#CC(C)N(CC(C)(C)C)C(=O)O. The number of amides is 1. The van der Waals surface area contributed by atoms with E-state index in [1.54, 1.807) is 6.92 Å². The minimum atomic E-state index is -0.958. The third-order valence-corrected chi connectivity index (χ3v) is 1.60. The Bertz CT molecular complexity index is 222. The second-order valence-corrected chi connectivity index (χ2v) is 4.31. The minimum absolute atomic E-state index is 0.0660. The number of hydrogen-bond donors (Lipinski definition) is 1. The lowest BCUT2D eigenvalue weighted by Gasteiger charge is -2.29. The molecule has 0 aromatic heterocycles. The minimum Gasteiger partial charge on any atom is -0.465 e. The molecule has 0 fully saturated rings. The average molecular weight is 183 g/mol. The van der Waals surface area contributed by atoms with Gasteiger partial charge in [0.2, 0.25) is 0 Å². The fraction of sp³-hybridized carbons (Fsp3) is 0.700. The lowest BCUT2D eigenvalue weighted by atomic mass is 9.95. The summed E-state index contributed by atoms with van der Waals surface area (Å²) in [4.78, 5) is 12.1. The van der Waals surface area contributed by atoms with Crippen molar-refractivity contribution in [2.24, 2.45) is 5.41 Å². The van der Waals surface area contributed by atoms with Crippen molar-refractivity contribution in [3.05, 3.63) is 0 Å². The van der Waals surface area contributed by atoms with Crippen molar-refractivity contribution in [2.45, 2.75) is 33.7 Å². The Labute approximate surface area is 79.7 Å². The summed E-state index contributed by atoms with van der Waals surface area (Å²) in [6.07, 6.45) is 4.22. The molecule has 0 radical (unpaired) electrons. The van der Waals surface area contributed by atoms with E-state index in [0.717, 1.165) is 0 Å². The molecule has 0 saturated carbocycles. The van der Waals surface area contributed by atoms with Gasteiger partial charge in [0.1, 0.15) is 0 Å². The molecule has 0 aromatic carbocycles. The van der Waals surface area contributed by atoms with Crippen LogP contribution in [0.3, 0.4) is 0 Å². The lowest BCUT2D eigenvalue weighted by Crippen LogP contribution is -2.42. The van der Waals surface area contributed by atoms with E-state index >= 15 is 0 Å². The summed E-state index contributed by atoms with van der Waals surface area (Å²) < 4.78 is 0. The monoisotopic (exact) mass is 183 g/mol. The number of hydrogen-bond acceptors (Lipinski definition) is 1. The van der Waals surface area contributed by atoms with Gasteiger partial charge in [-0.05, 0) is 12.3 Å². The van der Waals surface area contributed by atoms with Crippen molar-refractivity contribution in [3.63, 3.8) is 0 Å². The molecule has 0 aromatic rings. The molecule has 13 heavy (non-hydrogen) atoms. The summed E-state index contributed by atoms with van der Waals surface area (Å²) in [5, 5.41) is 8.87. The smallest absolute Gasteiger partial charge is 0.408 e.